The summed E-state index contributed by atoms with van der Waals surface area (Å²) in [6.07, 6.45) is 1.20. The highest BCUT2D eigenvalue weighted by atomic mass is 32.2. The summed E-state index contributed by atoms with van der Waals surface area (Å²) in [5, 5.41) is 7.35. The first-order chi connectivity index (χ1) is 8.74. The van der Waals surface area contributed by atoms with Gasteiger partial charge in [-0.3, -0.25) is 4.79 Å². The van der Waals surface area contributed by atoms with Crippen molar-refractivity contribution < 1.29 is 17.6 Å². The van der Waals surface area contributed by atoms with E-state index in [0.29, 0.717) is 6.42 Å². The fourth-order valence-corrected chi connectivity index (χ4v) is 2.07. The molecule has 1 amide bonds. The number of hydrogen-bond acceptors (Lipinski definition) is 3. The number of sulfonamides is 1. The molecule has 0 saturated carbocycles. The van der Waals surface area contributed by atoms with E-state index in [0.717, 1.165) is 18.6 Å². The molecule has 0 spiro atoms. The number of amides is 1. The van der Waals surface area contributed by atoms with Crippen LogP contribution in [0.5, 0.6) is 0 Å². The summed E-state index contributed by atoms with van der Waals surface area (Å²) >= 11 is 0. The van der Waals surface area contributed by atoms with Crippen LogP contribution in [0.2, 0.25) is 0 Å². The van der Waals surface area contributed by atoms with Crippen molar-refractivity contribution >= 4 is 21.6 Å². The molecule has 106 valence electrons. The first-order valence-electron chi connectivity index (χ1n) is 5.86. The monoisotopic (exact) mass is 288 g/mol. The van der Waals surface area contributed by atoms with Crippen LogP contribution < -0.4 is 10.5 Å². The Morgan fingerprint density at radius 2 is 2.11 bits per heavy atom. The molecule has 0 radical (unpaired) electrons. The van der Waals surface area contributed by atoms with E-state index in [1.54, 1.807) is 0 Å². The number of rotatable bonds is 5. The lowest BCUT2D eigenvalue weighted by atomic mass is 10.1. The maximum absolute atomic E-state index is 13.5. The Kier molecular flexibility index (Phi) is 5.02. The lowest BCUT2D eigenvalue weighted by molar-refractivity contribution is -0.117. The van der Waals surface area contributed by atoms with E-state index < -0.39 is 20.7 Å². The predicted molar refractivity (Wildman–Crippen MR) is 70.5 cm³/mol. The van der Waals surface area contributed by atoms with Gasteiger partial charge in [-0.05, 0) is 24.1 Å². The Morgan fingerprint density at radius 3 is 2.58 bits per heavy atom. The van der Waals surface area contributed by atoms with Crippen molar-refractivity contribution in [2.45, 2.75) is 31.6 Å². The molecule has 0 aliphatic rings. The van der Waals surface area contributed by atoms with Gasteiger partial charge in [0.1, 0.15) is 10.7 Å². The number of nitrogens with one attached hydrogen (secondary N) is 1. The van der Waals surface area contributed by atoms with Crippen LogP contribution in [0, 0.1) is 11.7 Å². The van der Waals surface area contributed by atoms with Gasteiger partial charge in [0.05, 0.1) is 0 Å². The summed E-state index contributed by atoms with van der Waals surface area (Å²) in [5.41, 5.74) is 0.207. The topological polar surface area (TPSA) is 89.3 Å². The molecule has 0 aliphatic heterocycles. The zero-order chi connectivity index (χ0) is 14.6. The lowest BCUT2D eigenvalue weighted by Crippen LogP contribution is -2.16. The second-order valence-corrected chi connectivity index (χ2v) is 5.99. The highest BCUT2D eigenvalue weighted by Crippen LogP contribution is 2.18. The Morgan fingerprint density at radius 1 is 1.47 bits per heavy atom. The van der Waals surface area contributed by atoms with Crippen molar-refractivity contribution in [3.8, 4) is 0 Å². The van der Waals surface area contributed by atoms with Crippen LogP contribution in [-0.4, -0.2) is 14.3 Å². The molecule has 0 bridgehead atoms. The Labute approximate surface area is 112 Å². The average molecular weight is 288 g/mol. The van der Waals surface area contributed by atoms with E-state index in [4.69, 9.17) is 5.14 Å². The normalized spacial score (nSPS) is 13.1. The van der Waals surface area contributed by atoms with Gasteiger partial charge in [0.2, 0.25) is 15.9 Å². The first kappa shape index (κ1) is 15.6. The van der Waals surface area contributed by atoms with Gasteiger partial charge >= 0.3 is 0 Å². The molecule has 1 rings (SSSR count). The second-order valence-electron chi connectivity index (χ2n) is 4.46. The number of anilines is 1. The minimum absolute atomic E-state index is 0.207. The van der Waals surface area contributed by atoms with E-state index in [9.17, 15) is 17.6 Å². The van der Waals surface area contributed by atoms with Crippen molar-refractivity contribution in [2.75, 3.05) is 5.32 Å². The molecular formula is C12H17FN2O3S. The van der Waals surface area contributed by atoms with Gasteiger partial charge in [-0.2, -0.15) is 0 Å². The molecular weight excluding hydrogens is 271 g/mol. The van der Waals surface area contributed by atoms with Crippen molar-refractivity contribution in [3.63, 3.8) is 0 Å². The smallest absolute Gasteiger partial charge is 0.240 e. The van der Waals surface area contributed by atoms with E-state index in [2.05, 4.69) is 5.32 Å². The Balaban J connectivity index is 2.83. The molecule has 0 saturated heterocycles. The number of nitrogens with two attached hydrogens (primary N) is 1. The summed E-state index contributed by atoms with van der Waals surface area (Å²) in [5.74, 6) is -0.991. The third kappa shape index (κ3) is 4.60. The molecule has 0 aromatic heterocycles. The van der Waals surface area contributed by atoms with Crippen LogP contribution in [0.1, 0.15) is 26.7 Å². The fourth-order valence-electron chi connectivity index (χ4n) is 1.48. The van der Waals surface area contributed by atoms with Gasteiger partial charge in [-0.15, -0.1) is 0 Å². The van der Waals surface area contributed by atoms with Crippen LogP contribution in [0.25, 0.3) is 0 Å². The van der Waals surface area contributed by atoms with Gasteiger partial charge < -0.3 is 5.32 Å². The summed E-state index contributed by atoms with van der Waals surface area (Å²) in [6.45, 7) is 3.91. The fraction of sp³-hybridized carbons (Fsp3) is 0.417. The Hall–Kier alpha value is -1.47. The molecule has 0 fully saturated rings. The summed E-state index contributed by atoms with van der Waals surface area (Å²) in [4.78, 5) is 11.0. The summed E-state index contributed by atoms with van der Waals surface area (Å²) in [6, 6.07) is 3.27. The van der Waals surface area contributed by atoms with Crippen LogP contribution in [0.3, 0.4) is 0 Å². The van der Waals surface area contributed by atoms with Gasteiger partial charge in [-0.25, -0.2) is 17.9 Å². The third-order valence-electron chi connectivity index (χ3n) is 2.75. The molecule has 7 heteroatoms. The molecule has 3 N–H and O–H groups in total. The van der Waals surface area contributed by atoms with E-state index in [1.165, 1.54) is 6.07 Å². The van der Waals surface area contributed by atoms with E-state index >= 15 is 0 Å². The van der Waals surface area contributed by atoms with Crippen molar-refractivity contribution in [3.05, 3.63) is 24.0 Å². The molecule has 1 aromatic rings. The zero-order valence-electron chi connectivity index (χ0n) is 10.8. The minimum atomic E-state index is -4.09. The van der Waals surface area contributed by atoms with Gasteiger partial charge in [0.15, 0.2) is 0 Å². The summed E-state index contributed by atoms with van der Waals surface area (Å²) in [7, 11) is -4.09. The van der Waals surface area contributed by atoms with Crippen LogP contribution >= 0.6 is 0 Å². The Bertz CT molecular complexity index is 572. The third-order valence-corrected chi connectivity index (χ3v) is 3.70. The highest BCUT2D eigenvalue weighted by molar-refractivity contribution is 7.89. The van der Waals surface area contributed by atoms with Crippen LogP contribution in [0.4, 0.5) is 10.1 Å². The number of hydrogen-bond donors (Lipinski definition) is 2. The number of carbonyl (C=O) groups excluding carboxylic acids is 1. The van der Waals surface area contributed by atoms with E-state index in [1.807, 2.05) is 13.8 Å². The number of primary sulfonamides is 1. The average Bonchev–Trinajstić information content (AvgIpc) is 2.26. The number of carbonyl (C=O) groups is 1. The lowest BCUT2D eigenvalue weighted by Gasteiger charge is -2.10. The van der Waals surface area contributed by atoms with Crippen molar-refractivity contribution in [1.29, 1.82) is 0 Å². The molecule has 1 atom stereocenters. The van der Waals surface area contributed by atoms with Crippen LogP contribution in [0.15, 0.2) is 23.1 Å². The van der Waals surface area contributed by atoms with Crippen LogP contribution in [-0.2, 0) is 14.8 Å². The van der Waals surface area contributed by atoms with Gasteiger partial charge in [0, 0.05) is 12.1 Å². The van der Waals surface area contributed by atoms with Gasteiger partial charge in [-0.1, -0.05) is 20.3 Å². The minimum Gasteiger partial charge on any atom is -0.326 e. The first-order valence-corrected chi connectivity index (χ1v) is 7.41. The number of halogens is 1. The largest absolute Gasteiger partial charge is 0.326 e. The molecule has 5 nitrogen and oxygen atoms in total. The zero-order valence-corrected chi connectivity index (χ0v) is 11.6. The predicted octanol–water partition coefficient (Wildman–Crippen LogP) is 1.85. The highest BCUT2D eigenvalue weighted by Gasteiger charge is 2.15. The number of benzene rings is 1. The maximum atomic E-state index is 13.5. The SMILES string of the molecule is CCC(C)CC(=O)Nc1ccc(S(N)(=O)=O)c(F)c1. The summed E-state index contributed by atoms with van der Waals surface area (Å²) < 4.78 is 35.6. The standard InChI is InChI=1S/C12H17FN2O3S/c1-3-8(2)6-12(16)15-9-4-5-11(10(13)7-9)19(14,17)18/h4-5,7-8H,3,6H2,1-2H3,(H,15,16)(H2,14,17,18). The maximum Gasteiger partial charge on any atom is 0.240 e. The van der Waals surface area contributed by atoms with Crippen molar-refractivity contribution in [1.82, 2.24) is 0 Å². The molecule has 0 aliphatic carbocycles. The molecule has 19 heavy (non-hydrogen) atoms. The van der Waals surface area contributed by atoms with Gasteiger partial charge in [0.25, 0.3) is 0 Å². The van der Waals surface area contributed by atoms with E-state index in [-0.39, 0.29) is 17.5 Å². The second kappa shape index (κ2) is 6.12. The molecule has 0 heterocycles. The van der Waals surface area contributed by atoms with Crippen molar-refractivity contribution in [2.24, 2.45) is 11.1 Å². The quantitative estimate of drug-likeness (QED) is 0.866. The molecule has 1 unspecified atom stereocenters. The molecule has 1 aromatic carbocycles.